The molecule has 1 aliphatic carbocycles. The van der Waals surface area contributed by atoms with Crippen molar-refractivity contribution in [2.24, 2.45) is 0 Å². The molecule has 0 spiro atoms. The molecule has 0 aliphatic heterocycles. The van der Waals surface area contributed by atoms with Gasteiger partial charge in [-0.15, -0.1) is 0 Å². The highest BCUT2D eigenvalue weighted by atomic mass is 16.3. The molecule has 0 fully saturated rings. The maximum Gasteiger partial charge on any atom is 0.108 e. The first-order valence-corrected chi connectivity index (χ1v) is 6.35. The predicted octanol–water partition coefficient (Wildman–Crippen LogP) is 3.60. The molecule has 0 amide bonds. The van der Waals surface area contributed by atoms with Crippen LogP contribution in [0, 0.1) is 0 Å². The van der Waals surface area contributed by atoms with E-state index in [9.17, 15) is 0 Å². The molecule has 0 saturated heterocycles. The molecule has 0 bridgehead atoms. The molecule has 2 heteroatoms. The lowest BCUT2D eigenvalue weighted by Crippen LogP contribution is -2.22. The van der Waals surface area contributed by atoms with Crippen molar-refractivity contribution in [3.05, 3.63) is 35.3 Å². The fourth-order valence-corrected chi connectivity index (χ4v) is 2.50. The molecular weight excluding hydrogens is 198 g/mol. The summed E-state index contributed by atoms with van der Waals surface area (Å²) in [7, 11) is 0. The van der Waals surface area contributed by atoms with E-state index in [-0.39, 0.29) is 0 Å². The molecule has 1 aromatic heterocycles. The zero-order valence-electron chi connectivity index (χ0n) is 10.3. The van der Waals surface area contributed by atoms with Crippen LogP contribution >= 0.6 is 0 Å². The van der Waals surface area contributed by atoms with Crippen molar-refractivity contribution in [1.29, 1.82) is 0 Å². The average molecular weight is 219 g/mol. The van der Waals surface area contributed by atoms with Gasteiger partial charge in [-0.05, 0) is 31.9 Å². The minimum atomic E-state index is 0.376. The highest BCUT2D eigenvalue weighted by molar-refractivity contribution is 5.31. The topological polar surface area (TPSA) is 25.2 Å². The zero-order valence-corrected chi connectivity index (χ0v) is 10.3. The Labute approximate surface area is 97.7 Å². The molecule has 0 aromatic carbocycles. The molecule has 1 heterocycles. The summed E-state index contributed by atoms with van der Waals surface area (Å²) >= 11 is 0. The molecule has 1 aromatic rings. The van der Waals surface area contributed by atoms with Crippen LogP contribution in [0.15, 0.2) is 28.4 Å². The minimum Gasteiger partial charge on any atom is -0.469 e. The summed E-state index contributed by atoms with van der Waals surface area (Å²) in [6, 6.07) is 2.49. The number of allylic oxidation sites excluding steroid dienone is 1. The summed E-state index contributed by atoms with van der Waals surface area (Å²) in [5, 5.41) is 3.57. The molecule has 88 valence electrons. The van der Waals surface area contributed by atoms with Crippen LogP contribution in [-0.2, 0) is 6.42 Å². The Hall–Kier alpha value is -1.02. The van der Waals surface area contributed by atoms with Gasteiger partial charge in [0.15, 0.2) is 0 Å². The van der Waals surface area contributed by atoms with E-state index in [4.69, 9.17) is 4.42 Å². The lowest BCUT2D eigenvalue weighted by Gasteiger charge is -2.19. The van der Waals surface area contributed by atoms with Gasteiger partial charge in [0, 0.05) is 12.0 Å². The fourth-order valence-electron chi connectivity index (χ4n) is 2.50. The Bertz CT molecular complexity index is 365. The Kier molecular flexibility index (Phi) is 3.83. The molecule has 1 aliphatic rings. The third-order valence-electron chi connectivity index (χ3n) is 3.27. The summed E-state index contributed by atoms with van der Waals surface area (Å²) < 4.78 is 5.53. The van der Waals surface area contributed by atoms with Crippen LogP contribution in [0.3, 0.4) is 0 Å². The van der Waals surface area contributed by atoms with E-state index in [1.165, 1.54) is 30.4 Å². The highest BCUT2D eigenvalue weighted by Crippen LogP contribution is 2.32. The standard InChI is InChI=1S/C14H21NO/c1-3-13-12(9-10-16-13)14(15-4-2)11-7-5-6-8-11/h7,9-10,14-15H,3-6,8H2,1-2H3. The van der Waals surface area contributed by atoms with E-state index in [0.717, 1.165) is 18.7 Å². The molecule has 0 saturated carbocycles. The van der Waals surface area contributed by atoms with Crippen LogP contribution in [0.5, 0.6) is 0 Å². The second-order valence-corrected chi connectivity index (χ2v) is 4.31. The minimum absolute atomic E-state index is 0.376. The molecule has 2 rings (SSSR count). The SMILES string of the molecule is CCNC(C1=CCCC1)c1ccoc1CC. The Morgan fingerprint density at radius 3 is 2.94 bits per heavy atom. The summed E-state index contributed by atoms with van der Waals surface area (Å²) in [6.07, 6.45) is 8.93. The van der Waals surface area contributed by atoms with E-state index >= 15 is 0 Å². The second-order valence-electron chi connectivity index (χ2n) is 4.31. The van der Waals surface area contributed by atoms with Gasteiger partial charge in [0.05, 0.1) is 12.3 Å². The van der Waals surface area contributed by atoms with Crippen molar-refractivity contribution in [2.45, 2.75) is 45.6 Å². The molecule has 2 nitrogen and oxygen atoms in total. The van der Waals surface area contributed by atoms with Crippen molar-refractivity contribution < 1.29 is 4.42 Å². The summed E-state index contributed by atoms with van der Waals surface area (Å²) in [4.78, 5) is 0. The van der Waals surface area contributed by atoms with Gasteiger partial charge in [-0.3, -0.25) is 0 Å². The normalized spacial score (nSPS) is 17.5. The van der Waals surface area contributed by atoms with Crippen LogP contribution in [0.2, 0.25) is 0 Å². The van der Waals surface area contributed by atoms with Crippen molar-refractivity contribution in [1.82, 2.24) is 5.32 Å². The van der Waals surface area contributed by atoms with E-state index in [1.54, 1.807) is 0 Å². The van der Waals surface area contributed by atoms with Crippen LogP contribution in [0.25, 0.3) is 0 Å². The number of hydrogen-bond donors (Lipinski definition) is 1. The summed E-state index contributed by atoms with van der Waals surface area (Å²) in [5.74, 6) is 1.12. The van der Waals surface area contributed by atoms with Gasteiger partial charge in [0.2, 0.25) is 0 Å². The van der Waals surface area contributed by atoms with E-state index in [1.807, 2.05) is 6.26 Å². The first-order chi connectivity index (χ1) is 7.86. The van der Waals surface area contributed by atoms with Crippen molar-refractivity contribution in [3.8, 4) is 0 Å². The Morgan fingerprint density at radius 1 is 1.44 bits per heavy atom. The number of likely N-dealkylation sites (N-methyl/N-ethyl adjacent to an activating group) is 1. The van der Waals surface area contributed by atoms with Gasteiger partial charge in [-0.25, -0.2) is 0 Å². The smallest absolute Gasteiger partial charge is 0.108 e. The second kappa shape index (κ2) is 5.35. The zero-order chi connectivity index (χ0) is 11.4. The Morgan fingerprint density at radius 2 is 2.31 bits per heavy atom. The molecule has 1 N–H and O–H groups in total. The van der Waals surface area contributed by atoms with Gasteiger partial charge >= 0.3 is 0 Å². The molecule has 16 heavy (non-hydrogen) atoms. The molecule has 1 atom stereocenters. The lowest BCUT2D eigenvalue weighted by atomic mass is 9.97. The van der Waals surface area contributed by atoms with Gasteiger partial charge in [0.1, 0.15) is 5.76 Å². The maximum atomic E-state index is 5.53. The molecule has 0 radical (unpaired) electrons. The number of furan rings is 1. The van der Waals surface area contributed by atoms with Gasteiger partial charge < -0.3 is 9.73 Å². The van der Waals surface area contributed by atoms with E-state index in [0.29, 0.717) is 6.04 Å². The fraction of sp³-hybridized carbons (Fsp3) is 0.571. The lowest BCUT2D eigenvalue weighted by molar-refractivity contribution is 0.499. The molecule has 1 unspecified atom stereocenters. The maximum absolute atomic E-state index is 5.53. The number of aryl methyl sites for hydroxylation is 1. The van der Waals surface area contributed by atoms with Crippen LogP contribution in [0.1, 0.15) is 50.5 Å². The van der Waals surface area contributed by atoms with E-state index in [2.05, 4.69) is 31.3 Å². The number of nitrogens with one attached hydrogen (secondary N) is 1. The third kappa shape index (κ3) is 2.22. The first-order valence-electron chi connectivity index (χ1n) is 6.35. The van der Waals surface area contributed by atoms with Gasteiger partial charge in [-0.2, -0.15) is 0 Å². The third-order valence-corrected chi connectivity index (χ3v) is 3.27. The quantitative estimate of drug-likeness (QED) is 0.765. The monoisotopic (exact) mass is 219 g/mol. The number of hydrogen-bond acceptors (Lipinski definition) is 2. The Balaban J connectivity index is 2.24. The largest absolute Gasteiger partial charge is 0.469 e. The highest BCUT2D eigenvalue weighted by Gasteiger charge is 2.21. The number of rotatable bonds is 5. The van der Waals surface area contributed by atoms with Crippen LogP contribution < -0.4 is 5.32 Å². The summed E-state index contributed by atoms with van der Waals surface area (Å²) in [6.45, 7) is 5.30. The average Bonchev–Trinajstić information content (AvgIpc) is 2.96. The van der Waals surface area contributed by atoms with Crippen molar-refractivity contribution >= 4 is 0 Å². The summed E-state index contributed by atoms with van der Waals surface area (Å²) in [5.41, 5.74) is 2.87. The van der Waals surface area contributed by atoms with Crippen LogP contribution in [0.4, 0.5) is 0 Å². The van der Waals surface area contributed by atoms with Gasteiger partial charge in [0.25, 0.3) is 0 Å². The molecular formula is C14H21NO. The van der Waals surface area contributed by atoms with Gasteiger partial charge in [-0.1, -0.05) is 25.5 Å². The predicted molar refractivity (Wildman–Crippen MR) is 66.4 cm³/mol. The van der Waals surface area contributed by atoms with Crippen molar-refractivity contribution in [2.75, 3.05) is 6.54 Å². The van der Waals surface area contributed by atoms with E-state index < -0.39 is 0 Å². The first kappa shape index (κ1) is 11.5. The van der Waals surface area contributed by atoms with Crippen molar-refractivity contribution in [3.63, 3.8) is 0 Å². The van der Waals surface area contributed by atoms with Crippen LogP contribution in [-0.4, -0.2) is 6.54 Å².